The monoisotopic (exact) mass is 390 g/mol. The molecule has 0 aromatic carbocycles. The number of carbonyl (C=O) groups excluding carboxylic acids is 3. The number of nitrogens with zero attached hydrogens (tertiary/aromatic N) is 3. The Labute approximate surface area is 167 Å². The summed E-state index contributed by atoms with van der Waals surface area (Å²) < 4.78 is 0. The highest BCUT2D eigenvalue weighted by Gasteiger charge is 2.41. The fourth-order valence-corrected chi connectivity index (χ4v) is 5.48. The summed E-state index contributed by atoms with van der Waals surface area (Å²) in [6.07, 6.45) is 6.76. The molecule has 0 bridgehead atoms. The van der Waals surface area contributed by atoms with Crippen molar-refractivity contribution in [2.75, 3.05) is 39.3 Å². The quantitative estimate of drug-likeness (QED) is 0.775. The van der Waals surface area contributed by atoms with E-state index in [1.54, 1.807) is 0 Å². The Morgan fingerprint density at radius 1 is 0.929 bits per heavy atom. The van der Waals surface area contributed by atoms with Crippen LogP contribution in [0.1, 0.15) is 51.9 Å². The van der Waals surface area contributed by atoms with Gasteiger partial charge >= 0.3 is 0 Å². The zero-order valence-electron chi connectivity index (χ0n) is 17.1. The van der Waals surface area contributed by atoms with Gasteiger partial charge in [-0.05, 0) is 44.4 Å². The van der Waals surface area contributed by atoms with Crippen LogP contribution < -0.4 is 5.32 Å². The van der Waals surface area contributed by atoms with Crippen molar-refractivity contribution in [1.29, 1.82) is 0 Å². The van der Waals surface area contributed by atoms with Crippen molar-refractivity contribution in [3.05, 3.63) is 0 Å². The molecule has 7 nitrogen and oxygen atoms in total. The number of hydrogen-bond acceptors (Lipinski definition) is 4. The molecule has 2 unspecified atom stereocenters. The zero-order valence-corrected chi connectivity index (χ0v) is 17.1. The Hall–Kier alpha value is -1.63. The minimum absolute atomic E-state index is 0.118. The Bertz CT molecular complexity index is 617. The van der Waals surface area contributed by atoms with Gasteiger partial charge in [-0.1, -0.05) is 6.92 Å². The first-order valence-corrected chi connectivity index (χ1v) is 11.1. The van der Waals surface area contributed by atoms with Gasteiger partial charge in [0.15, 0.2) is 0 Å². The molecule has 1 N–H and O–H groups in total. The van der Waals surface area contributed by atoms with Gasteiger partial charge in [0.25, 0.3) is 0 Å². The molecule has 4 rings (SSSR count). The Kier molecular flexibility index (Phi) is 5.90. The molecule has 3 heterocycles. The van der Waals surface area contributed by atoms with E-state index < -0.39 is 0 Å². The summed E-state index contributed by atoms with van der Waals surface area (Å²) in [7, 11) is 0. The average Bonchev–Trinajstić information content (AvgIpc) is 3.10. The van der Waals surface area contributed by atoms with E-state index in [2.05, 4.69) is 12.2 Å². The summed E-state index contributed by atoms with van der Waals surface area (Å²) in [5.74, 6) is 0.962. The summed E-state index contributed by atoms with van der Waals surface area (Å²) in [5.41, 5.74) is 0. The van der Waals surface area contributed by atoms with Gasteiger partial charge in [0.2, 0.25) is 17.7 Å². The molecule has 0 aromatic rings. The summed E-state index contributed by atoms with van der Waals surface area (Å²) in [6, 6.07) is 0.453. The van der Waals surface area contributed by atoms with Crippen LogP contribution >= 0.6 is 0 Å². The van der Waals surface area contributed by atoms with Gasteiger partial charge in [0.1, 0.15) is 0 Å². The third kappa shape index (κ3) is 4.04. The standard InChI is InChI=1S/C21H34N4O3/c1-15-4-6-17(7-5-15)25-13-16(11-19(25)26)21(28)23-9-2-3-18(14-23)24-10-8-22-12-20(24)27/h15-18,22H,2-14H2,1H3. The fraction of sp³-hybridized carbons (Fsp3) is 0.857. The molecule has 0 spiro atoms. The van der Waals surface area contributed by atoms with Crippen molar-refractivity contribution >= 4 is 17.7 Å². The van der Waals surface area contributed by atoms with E-state index in [0.717, 1.165) is 51.2 Å². The van der Waals surface area contributed by atoms with Crippen LogP contribution in [0, 0.1) is 11.8 Å². The lowest BCUT2D eigenvalue weighted by Gasteiger charge is -2.41. The minimum Gasteiger partial charge on any atom is -0.340 e. The van der Waals surface area contributed by atoms with E-state index in [4.69, 9.17) is 0 Å². The number of carbonyl (C=O) groups is 3. The normalized spacial score (nSPS) is 34.8. The van der Waals surface area contributed by atoms with Gasteiger partial charge in [0.05, 0.1) is 12.5 Å². The fourth-order valence-electron chi connectivity index (χ4n) is 5.48. The maximum absolute atomic E-state index is 13.2. The lowest BCUT2D eigenvalue weighted by molar-refractivity contribution is -0.142. The molecule has 4 fully saturated rings. The van der Waals surface area contributed by atoms with Crippen molar-refractivity contribution in [1.82, 2.24) is 20.0 Å². The van der Waals surface area contributed by atoms with Gasteiger partial charge in [0, 0.05) is 51.2 Å². The van der Waals surface area contributed by atoms with E-state index in [0.29, 0.717) is 32.1 Å². The van der Waals surface area contributed by atoms with Crippen LogP contribution in [0.3, 0.4) is 0 Å². The van der Waals surface area contributed by atoms with Crippen LogP contribution in [0.25, 0.3) is 0 Å². The predicted octanol–water partition coefficient (Wildman–Crippen LogP) is 0.836. The molecule has 7 heteroatoms. The number of nitrogens with one attached hydrogen (secondary N) is 1. The smallest absolute Gasteiger partial charge is 0.236 e. The maximum atomic E-state index is 13.2. The van der Waals surface area contributed by atoms with Crippen LogP contribution in [-0.2, 0) is 14.4 Å². The number of amides is 3. The Morgan fingerprint density at radius 2 is 1.71 bits per heavy atom. The summed E-state index contributed by atoms with van der Waals surface area (Å²) in [5, 5.41) is 3.11. The first-order valence-electron chi connectivity index (χ1n) is 11.1. The molecule has 1 saturated carbocycles. The Morgan fingerprint density at radius 3 is 2.46 bits per heavy atom. The minimum atomic E-state index is -0.204. The van der Waals surface area contributed by atoms with Crippen molar-refractivity contribution in [3.8, 4) is 0 Å². The predicted molar refractivity (Wildman–Crippen MR) is 105 cm³/mol. The van der Waals surface area contributed by atoms with E-state index in [1.807, 2.05) is 14.7 Å². The van der Waals surface area contributed by atoms with E-state index >= 15 is 0 Å². The SMILES string of the molecule is CC1CCC(N2CC(C(=O)N3CCCC(N4CCNCC4=O)C3)CC2=O)CC1. The lowest BCUT2D eigenvalue weighted by Crippen LogP contribution is -2.58. The average molecular weight is 391 g/mol. The molecule has 3 saturated heterocycles. The largest absolute Gasteiger partial charge is 0.340 e. The molecule has 0 aromatic heterocycles. The van der Waals surface area contributed by atoms with Gasteiger partial charge in [-0.15, -0.1) is 0 Å². The number of piperidine rings is 1. The van der Waals surface area contributed by atoms with Gasteiger partial charge in [-0.3, -0.25) is 14.4 Å². The van der Waals surface area contributed by atoms with Crippen molar-refractivity contribution < 1.29 is 14.4 Å². The van der Waals surface area contributed by atoms with Crippen LogP contribution in [0.2, 0.25) is 0 Å². The lowest BCUT2D eigenvalue weighted by atomic mass is 9.86. The molecule has 1 aliphatic carbocycles. The van der Waals surface area contributed by atoms with E-state index in [1.165, 1.54) is 12.8 Å². The van der Waals surface area contributed by atoms with E-state index in [-0.39, 0.29) is 29.7 Å². The topological polar surface area (TPSA) is 73.0 Å². The molecule has 0 radical (unpaired) electrons. The first kappa shape index (κ1) is 19.7. The van der Waals surface area contributed by atoms with Crippen LogP contribution in [-0.4, -0.2) is 83.8 Å². The Balaban J connectivity index is 1.35. The summed E-state index contributed by atoms with van der Waals surface area (Å²) in [4.78, 5) is 43.9. The van der Waals surface area contributed by atoms with Crippen molar-refractivity contribution in [2.45, 2.75) is 64.0 Å². The van der Waals surface area contributed by atoms with Crippen LogP contribution in [0.15, 0.2) is 0 Å². The second kappa shape index (κ2) is 8.39. The first-order chi connectivity index (χ1) is 13.5. The summed E-state index contributed by atoms with van der Waals surface area (Å²) in [6.45, 7) is 6.19. The van der Waals surface area contributed by atoms with Gasteiger partial charge in [-0.25, -0.2) is 0 Å². The van der Waals surface area contributed by atoms with Crippen LogP contribution in [0.5, 0.6) is 0 Å². The number of piperazine rings is 1. The molecular formula is C21H34N4O3. The van der Waals surface area contributed by atoms with Gasteiger partial charge in [-0.2, -0.15) is 0 Å². The maximum Gasteiger partial charge on any atom is 0.236 e. The third-order valence-electron chi connectivity index (χ3n) is 7.21. The number of rotatable bonds is 3. The van der Waals surface area contributed by atoms with Crippen LogP contribution in [0.4, 0.5) is 0 Å². The molecule has 4 aliphatic rings. The summed E-state index contributed by atoms with van der Waals surface area (Å²) >= 11 is 0. The number of hydrogen-bond donors (Lipinski definition) is 1. The van der Waals surface area contributed by atoms with Gasteiger partial charge < -0.3 is 20.0 Å². The molecule has 3 aliphatic heterocycles. The molecule has 2 atom stereocenters. The molecular weight excluding hydrogens is 356 g/mol. The molecule has 3 amide bonds. The third-order valence-corrected chi connectivity index (χ3v) is 7.21. The highest BCUT2D eigenvalue weighted by atomic mass is 16.2. The molecule has 28 heavy (non-hydrogen) atoms. The van der Waals surface area contributed by atoms with Crippen molar-refractivity contribution in [3.63, 3.8) is 0 Å². The van der Waals surface area contributed by atoms with Crippen molar-refractivity contribution in [2.24, 2.45) is 11.8 Å². The number of likely N-dealkylation sites (tertiary alicyclic amines) is 2. The highest BCUT2D eigenvalue weighted by Crippen LogP contribution is 2.32. The highest BCUT2D eigenvalue weighted by molar-refractivity contribution is 5.89. The zero-order chi connectivity index (χ0) is 19.7. The molecule has 156 valence electrons. The van der Waals surface area contributed by atoms with E-state index in [9.17, 15) is 14.4 Å². The second-order valence-electron chi connectivity index (χ2n) is 9.21. The second-order valence-corrected chi connectivity index (χ2v) is 9.21.